The Morgan fingerprint density at radius 1 is 0.359 bits per heavy atom. The number of nitrogens with one attached hydrogen (secondary N) is 4. The zero-order valence-electron chi connectivity index (χ0n) is 78.3. The molecule has 0 spiro atoms. The van der Waals surface area contributed by atoms with Crippen LogP contribution in [0, 0.1) is 26.6 Å². The highest BCUT2D eigenvalue weighted by Crippen LogP contribution is 2.34. The molecule has 0 radical (unpaired) electrons. The average Bonchev–Trinajstić information content (AvgIpc) is 1.65. The van der Waals surface area contributed by atoms with Crippen molar-refractivity contribution in [3.05, 3.63) is 235 Å². The van der Waals surface area contributed by atoms with Gasteiger partial charge in [-0.3, -0.25) is 19.2 Å². The standard InChI is InChI=1S/C29H39N3O.C28H37N3O2.C27H35N3O.C26H32FN3O/c1-3-4-8-23-11-13-24(14-12-23)26-16-15-25-17-19-32(28(25)21-26)22-29(33)30-18-20-31(2)27-9-6-5-7-10-27;1-21(2)33-26-13-11-22(12-14-26)24-10-9-23-15-17-31(27(23)19-24)20-28(32)29-16-18-30(3)25-7-5-4-6-8-25;1-20-15-21(2)17-24(16-20)23-10-9-22-11-13-30(26(22)18-23)19-27(31)28-12-14-29(3)25-7-5-4-6-8-25;1-19-16-21(10-11-24(19)27)22-9-8-20-12-14-30(25(20)17-22)18-26(31)28-13-15-29(2)23-6-4-3-5-7-23/h11-17,19,21,27H,3-10,18,20,22H2,1-2H3,(H,30,33);9-15,17,19,21,25H,4-8,16,18,20H2,1-3H3,(H,29,32);9-11,13,15-18,25H,4-8,12,14,19H2,1-3H3,(H,28,31);8-12,14,16-17,23H,3-7,13,15,18H2,1-2H3,(H,28,31). The van der Waals surface area contributed by atoms with Gasteiger partial charge >= 0.3 is 0 Å². The molecule has 0 unspecified atom stereocenters. The average molecular weight is 1730 g/mol. The van der Waals surface area contributed by atoms with Crippen LogP contribution >= 0.6 is 0 Å². The van der Waals surface area contributed by atoms with Gasteiger partial charge in [0.2, 0.25) is 23.6 Å². The minimum Gasteiger partial charge on any atom is -0.491 e. The van der Waals surface area contributed by atoms with Gasteiger partial charge in [-0.25, -0.2) is 4.39 Å². The molecule has 4 amide bonds. The summed E-state index contributed by atoms with van der Waals surface area (Å²) in [6, 6.07) is 65.5. The maximum atomic E-state index is 13.6. The first-order valence-electron chi connectivity index (χ1n) is 48.1. The second-order valence-electron chi connectivity index (χ2n) is 37.2. The number of carbonyl (C=O) groups is 4. The third-order valence-corrected chi connectivity index (χ3v) is 27.0. The lowest BCUT2D eigenvalue weighted by Gasteiger charge is -2.31. The fraction of sp³-hybridized carbons (Fsp3) is 0.455. The summed E-state index contributed by atoms with van der Waals surface area (Å²) in [6.45, 7) is 20.1. The summed E-state index contributed by atoms with van der Waals surface area (Å²) in [5, 5.41) is 17.0. The second kappa shape index (κ2) is 47.6. The van der Waals surface area contributed by atoms with Gasteiger partial charge in [-0.05, 0) is 277 Å². The maximum absolute atomic E-state index is 13.6. The van der Waals surface area contributed by atoms with E-state index >= 15 is 0 Å². The van der Waals surface area contributed by atoms with Gasteiger partial charge in [0.25, 0.3) is 0 Å². The summed E-state index contributed by atoms with van der Waals surface area (Å²) in [5.74, 6) is 0.923. The van der Waals surface area contributed by atoms with E-state index in [1.807, 2.05) is 78.1 Å². The molecule has 4 aromatic heterocycles. The number of hydrogen-bond acceptors (Lipinski definition) is 9. The van der Waals surface area contributed by atoms with Crippen LogP contribution in [-0.2, 0) is 51.8 Å². The Morgan fingerprint density at radius 3 is 0.961 bits per heavy atom. The molecule has 4 fully saturated rings. The molecule has 128 heavy (non-hydrogen) atoms. The van der Waals surface area contributed by atoms with Gasteiger partial charge in [0.1, 0.15) is 37.7 Å². The van der Waals surface area contributed by atoms with Crippen molar-refractivity contribution in [2.24, 2.45) is 0 Å². The van der Waals surface area contributed by atoms with E-state index in [9.17, 15) is 23.6 Å². The number of nitrogens with zero attached hydrogens (tertiary/aromatic N) is 8. The first-order valence-corrected chi connectivity index (χ1v) is 48.1. The number of halogens is 1. The van der Waals surface area contributed by atoms with Crippen molar-refractivity contribution in [3.63, 3.8) is 0 Å². The monoisotopic (exact) mass is 1730 g/mol. The van der Waals surface area contributed by atoms with E-state index in [-0.39, 0.29) is 35.5 Å². The Balaban J connectivity index is 0.000000146. The van der Waals surface area contributed by atoms with Crippen molar-refractivity contribution in [3.8, 4) is 50.3 Å². The van der Waals surface area contributed by atoms with E-state index in [1.54, 1.807) is 13.0 Å². The molecule has 16 rings (SSSR count). The fourth-order valence-corrected chi connectivity index (χ4v) is 19.4. The quantitative estimate of drug-likeness (QED) is 0.0314. The Morgan fingerprint density at radius 2 is 0.648 bits per heavy atom. The summed E-state index contributed by atoms with van der Waals surface area (Å²) in [5.41, 5.74) is 17.9. The normalized spacial score (nSPS) is 14.9. The molecule has 4 heterocycles. The minimum atomic E-state index is -0.195. The van der Waals surface area contributed by atoms with E-state index in [2.05, 4.69) is 238 Å². The maximum Gasteiger partial charge on any atom is 0.239 e. The fourth-order valence-electron chi connectivity index (χ4n) is 19.4. The van der Waals surface area contributed by atoms with Gasteiger partial charge < -0.3 is 63.9 Å². The number of hydrogen-bond donors (Lipinski definition) is 4. The Hall–Kier alpha value is -10.6. The number of aromatic nitrogens is 4. The van der Waals surface area contributed by atoms with Crippen molar-refractivity contribution < 1.29 is 28.3 Å². The third-order valence-electron chi connectivity index (χ3n) is 27.0. The van der Waals surface area contributed by atoms with Crippen LogP contribution in [0.25, 0.3) is 88.1 Å². The van der Waals surface area contributed by atoms with Crippen LogP contribution in [0.2, 0.25) is 0 Å². The number of benzene rings is 8. The number of amides is 4. The van der Waals surface area contributed by atoms with Crippen molar-refractivity contribution >= 4 is 67.2 Å². The summed E-state index contributed by atoms with van der Waals surface area (Å²) in [7, 11) is 8.74. The SMILES string of the molecule is CC(C)Oc1ccc(-c2ccc3ccn(CC(=O)NCCN(C)C4CCCCC4)c3c2)cc1.CCCCc1ccc(-c2ccc3ccn(CC(=O)NCCN(C)C4CCCCC4)c3c2)cc1.Cc1cc(-c2ccc3ccn(CC(=O)NCCN(C)C4CCCCC4)c3c2)ccc1F.Cc1cc(C)cc(-c2ccc3ccn(CC(=O)NCCN(C)C4CCCCC4)c3c2)c1. The van der Waals surface area contributed by atoms with Gasteiger partial charge in [0, 0.05) is 123 Å². The van der Waals surface area contributed by atoms with Crippen LogP contribution in [0.4, 0.5) is 4.39 Å². The molecule has 4 aliphatic carbocycles. The largest absolute Gasteiger partial charge is 0.491 e. The molecule has 4 aliphatic rings. The molecule has 0 aliphatic heterocycles. The lowest BCUT2D eigenvalue weighted by molar-refractivity contribution is -0.122. The molecule has 4 saturated carbocycles. The van der Waals surface area contributed by atoms with Crippen molar-refractivity contribution in [2.75, 3.05) is 80.5 Å². The molecule has 12 aromatic rings. The third kappa shape index (κ3) is 27.5. The van der Waals surface area contributed by atoms with E-state index in [0.717, 1.165) is 98.8 Å². The highest BCUT2D eigenvalue weighted by molar-refractivity contribution is 5.91. The molecule has 680 valence electrons. The number of aryl methyl sites for hydroxylation is 4. The van der Waals surface area contributed by atoms with Crippen LogP contribution in [0.5, 0.6) is 5.75 Å². The first-order chi connectivity index (χ1) is 62.1. The number of ether oxygens (including phenoxy) is 1. The summed E-state index contributed by atoms with van der Waals surface area (Å²) < 4.78 is 27.5. The molecular formula is C110H143FN12O5. The predicted octanol–water partition coefficient (Wildman–Crippen LogP) is 22.0. The zero-order valence-corrected chi connectivity index (χ0v) is 78.3. The Bertz CT molecular complexity index is 5520. The van der Waals surface area contributed by atoms with E-state index in [4.69, 9.17) is 4.74 Å². The number of carbonyl (C=O) groups excluding carboxylic acids is 4. The lowest BCUT2D eigenvalue weighted by atomic mass is 9.94. The molecule has 18 heteroatoms. The van der Waals surface area contributed by atoms with Crippen molar-refractivity contribution in [2.45, 2.75) is 246 Å². The summed E-state index contributed by atoms with van der Waals surface area (Å²) in [6.07, 6.45) is 38.2. The van der Waals surface area contributed by atoms with Crippen LogP contribution in [0.1, 0.15) is 184 Å². The first kappa shape index (κ1) is 95.0. The van der Waals surface area contributed by atoms with Crippen molar-refractivity contribution in [1.82, 2.24) is 59.1 Å². The van der Waals surface area contributed by atoms with Gasteiger partial charge in [-0.2, -0.15) is 0 Å². The molecule has 8 aromatic carbocycles. The van der Waals surface area contributed by atoms with Crippen LogP contribution in [-0.4, -0.2) is 172 Å². The molecule has 4 N–H and O–H groups in total. The number of likely N-dealkylation sites (N-methyl/N-ethyl adjacent to an activating group) is 4. The van der Waals surface area contributed by atoms with Crippen LogP contribution < -0.4 is 26.0 Å². The number of rotatable bonds is 33. The zero-order chi connectivity index (χ0) is 89.8. The highest BCUT2D eigenvalue weighted by Gasteiger charge is 2.24. The molecule has 17 nitrogen and oxygen atoms in total. The number of fused-ring (bicyclic) bond motifs is 4. The van der Waals surface area contributed by atoms with Crippen molar-refractivity contribution in [1.29, 1.82) is 0 Å². The molecule has 0 saturated heterocycles. The van der Waals surface area contributed by atoms with E-state index in [1.165, 1.54) is 192 Å². The predicted molar refractivity (Wildman–Crippen MR) is 528 cm³/mol. The Kier molecular flexibility index (Phi) is 35.3. The van der Waals surface area contributed by atoms with Gasteiger partial charge in [-0.15, -0.1) is 0 Å². The minimum absolute atomic E-state index is 0.0255. The van der Waals surface area contributed by atoms with E-state index in [0.29, 0.717) is 82.1 Å². The van der Waals surface area contributed by atoms with Gasteiger partial charge in [0.05, 0.1) is 6.10 Å². The van der Waals surface area contributed by atoms with Crippen LogP contribution in [0.15, 0.2) is 207 Å². The number of unbranched alkanes of at least 4 members (excludes halogenated alkanes) is 1. The summed E-state index contributed by atoms with van der Waals surface area (Å²) in [4.78, 5) is 60.1. The Labute approximate surface area is 761 Å². The smallest absolute Gasteiger partial charge is 0.239 e. The molecule has 0 atom stereocenters. The van der Waals surface area contributed by atoms with Gasteiger partial charge in [0.15, 0.2) is 0 Å². The van der Waals surface area contributed by atoms with Crippen LogP contribution in [0.3, 0.4) is 0 Å². The molecular weight excluding hydrogens is 1590 g/mol. The molecule has 0 bridgehead atoms. The summed E-state index contributed by atoms with van der Waals surface area (Å²) >= 11 is 0. The highest BCUT2D eigenvalue weighted by atomic mass is 19.1. The topological polar surface area (TPSA) is 158 Å². The van der Waals surface area contributed by atoms with Gasteiger partial charge in [-0.1, -0.05) is 211 Å². The lowest BCUT2D eigenvalue weighted by Crippen LogP contribution is -2.40. The second-order valence-corrected chi connectivity index (χ2v) is 37.2. The van der Waals surface area contributed by atoms with E-state index < -0.39 is 0 Å².